The van der Waals surface area contributed by atoms with Crippen LogP contribution in [0.1, 0.15) is 11.1 Å². The second-order valence-corrected chi connectivity index (χ2v) is 6.18. The lowest BCUT2D eigenvalue weighted by atomic mass is 10.2. The number of rotatable bonds is 7. The normalized spacial score (nSPS) is 11.4. The van der Waals surface area contributed by atoms with E-state index in [1.165, 1.54) is 13.3 Å². The number of methoxy groups -OCH3 is 1. The smallest absolute Gasteiger partial charge is 0.417 e. The minimum absolute atomic E-state index is 0.141. The van der Waals surface area contributed by atoms with Gasteiger partial charge in [0.05, 0.1) is 22.5 Å². The molecule has 0 radical (unpaired) electrons. The van der Waals surface area contributed by atoms with Crippen molar-refractivity contribution < 1.29 is 32.5 Å². The molecule has 144 valence electrons. The van der Waals surface area contributed by atoms with E-state index in [1.807, 2.05) is 22.6 Å². The maximum Gasteiger partial charge on any atom is 0.417 e. The van der Waals surface area contributed by atoms with Crippen molar-refractivity contribution in [2.45, 2.75) is 6.18 Å². The van der Waals surface area contributed by atoms with Crippen molar-refractivity contribution in [1.29, 1.82) is 0 Å². The largest absolute Gasteiger partial charge is 0.493 e. The number of carboxylic acids is 1. The number of hydrogen-bond donors (Lipinski definition) is 2. The number of halogens is 4. The van der Waals surface area contributed by atoms with E-state index in [0.29, 0.717) is 21.1 Å². The van der Waals surface area contributed by atoms with Crippen molar-refractivity contribution in [1.82, 2.24) is 4.98 Å². The number of benzene rings is 1. The SMILES string of the molecule is COc1cc(/C=N\Nc2ccc(C(F)(F)F)cn2)cc(I)c1OCC(=O)O. The molecule has 0 saturated carbocycles. The highest BCUT2D eigenvalue weighted by Crippen LogP contribution is 2.33. The zero-order valence-corrected chi connectivity index (χ0v) is 15.9. The van der Waals surface area contributed by atoms with Gasteiger partial charge in [0.1, 0.15) is 5.82 Å². The Balaban J connectivity index is 2.10. The molecule has 0 atom stereocenters. The van der Waals surface area contributed by atoms with Crippen LogP contribution in [0.25, 0.3) is 0 Å². The molecule has 0 fully saturated rings. The molecular weight excluding hydrogens is 482 g/mol. The van der Waals surface area contributed by atoms with Crippen LogP contribution in [-0.4, -0.2) is 36.0 Å². The second-order valence-electron chi connectivity index (χ2n) is 5.02. The number of hydrazone groups is 1. The van der Waals surface area contributed by atoms with Gasteiger partial charge in [-0.05, 0) is 52.4 Å². The van der Waals surface area contributed by atoms with Gasteiger partial charge in [-0.2, -0.15) is 18.3 Å². The topological polar surface area (TPSA) is 93.0 Å². The highest BCUT2D eigenvalue weighted by molar-refractivity contribution is 14.1. The summed E-state index contributed by atoms with van der Waals surface area (Å²) in [5, 5.41) is 12.6. The summed E-state index contributed by atoms with van der Waals surface area (Å²) in [4.78, 5) is 14.3. The standard InChI is InChI=1S/C16H13F3IN3O4/c1-26-12-5-9(4-11(20)15(12)27-8-14(24)25)6-22-23-13-3-2-10(7-21-13)16(17,18)19/h2-7H,8H2,1H3,(H,21,23)(H,24,25)/b22-6-. The highest BCUT2D eigenvalue weighted by Gasteiger charge is 2.30. The molecule has 1 aromatic carbocycles. The van der Waals surface area contributed by atoms with E-state index in [0.717, 1.165) is 12.1 Å². The summed E-state index contributed by atoms with van der Waals surface area (Å²) in [6.45, 7) is -0.513. The maximum atomic E-state index is 12.5. The summed E-state index contributed by atoms with van der Waals surface area (Å²) >= 11 is 1.96. The van der Waals surface area contributed by atoms with Crippen molar-refractivity contribution in [2.75, 3.05) is 19.1 Å². The Kier molecular flexibility index (Phi) is 6.82. The molecule has 2 rings (SSSR count). The maximum absolute atomic E-state index is 12.5. The summed E-state index contributed by atoms with van der Waals surface area (Å²) in [6.07, 6.45) is -2.34. The number of carboxylic acid groups (broad SMARTS) is 1. The van der Waals surface area contributed by atoms with Crippen molar-refractivity contribution in [3.8, 4) is 11.5 Å². The van der Waals surface area contributed by atoms with Gasteiger partial charge in [-0.1, -0.05) is 0 Å². The first kappa shape index (κ1) is 20.7. The molecular formula is C16H13F3IN3O4. The van der Waals surface area contributed by atoms with E-state index in [2.05, 4.69) is 15.5 Å². The van der Waals surface area contributed by atoms with Gasteiger partial charge >= 0.3 is 12.1 Å². The van der Waals surface area contributed by atoms with Crippen LogP contribution in [0.5, 0.6) is 11.5 Å². The number of carbonyl (C=O) groups is 1. The van der Waals surface area contributed by atoms with E-state index in [-0.39, 0.29) is 11.6 Å². The molecule has 0 bridgehead atoms. The number of hydrogen-bond acceptors (Lipinski definition) is 6. The summed E-state index contributed by atoms with van der Waals surface area (Å²) in [6, 6.07) is 5.30. The predicted octanol–water partition coefficient (Wildman–Crippen LogP) is 3.62. The van der Waals surface area contributed by atoms with E-state index < -0.39 is 24.3 Å². The van der Waals surface area contributed by atoms with Crippen LogP contribution in [0.4, 0.5) is 19.0 Å². The zero-order valence-electron chi connectivity index (χ0n) is 13.7. The third-order valence-corrected chi connectivity index (χ3v) is 3.88. The van der Waals surface area contributed by atoms with Gasteiger partial charge < -0.3 is 14.6 Å². The van der Waals surface area contributed by atoms with Crippen LogP contribution in [0, 0.1) is 3.57 Å². The Morgan fingerprint density at radius 2 is 2.15 bits per heavy atom. The number of anilines is 1. The monoisotopic (exact) mass is 495 g/mol. The summed E-state index contributed by atoms with van der Waals surface area (Å²) < 4.78 is 48.4. The van der Waals surface area contributed by atoms with Crippen molar-refractivity contribution >= 4 is 40.6 Å². The van der Waals surface area contributed by atoms with Gasteiger partial charge in [0, 0.05) is 6.20 Å². The zero-order chi connectivity index (χ0) is 20.0. The predicted molar refractivity (Wildman–Crippen MR) is 99.3 cm³/mol. The van der Waals surface area contributed by atoms with Crippen molar-refractivity contribution in [3.63, 3.8) is 0 Å². The summed E-state index contributed by atoms with van der Waals surface area (Å²) in [5.74, 6) is -0.374. The lowest BCUT2D eigenvalue weighted by molar-refractivity contribution is -0.139. The third-order valence-electron chi connectivity index (χ3n) is 3.08. The molecule has 2 aromatic rings. The van der Waals surface area contributed by atoms with Gasteiger partial charge in [0.15, 0.2) is 18.1 Å². The van der Waals surface area contributed by atoms with Crippen LogP contribution in [0.15, 0.2) is 35.6 Å². The van der Waals surface area contributed by atoms with Crippen LogP contribution in [-0.2, 0) is 11.0 Å². The van der Waals surface area contributed by atoms with Gasteiger partial charge in [-0.25, -0.2) is 9.78 Å². The number of aromatic nitrogens is 1. The Hall–Kier alpha value is -2.57. The molecule has 11 heteroatoms. The number of nitrogens with zero attached hydrogens (tertiary/aromatic N) is 2. The average molecular weight is 495 g/mol. The quantitative estimate of drug-likeness (QED) is 0.347. The first-order chi connectivity index (χ1) is 12.7. The van der Waals surface area contributed by atoms with E-state index in [9.17, 15) is 18.0 Å². The Bertz CT molecular complexity index is 842. The second kappa shape index (κ2) is 8.88. The molecule has 2 N–H and O–H groups in total. The van der Waals surface area contributed by atoms with E-state index >= 15 is 0 Å². The molecule has 27 heavy (non-hydrogen) atoms. The van der Waals surface area contributed by atoms with E-state index in [4.69, 9.17) is 14.6 Å². The van der Waals surface area contributed by atoms with Crippen LogP contribution >= 0.6 is 22.6 Å². The van der Waals surface area contributed by atoms with Gasteiger partial charge in [-0.3, -0.25) is 5.43 Å². The molecule has 0 aliphatic carbocycles. The Labute approximate surface area is 165 Å². The fourth-order valence-corrected chi connectivity index (χ4v) is 2.67. The van der Waals surface area contributed by atoms with Gasteiger partial charge in [-0.15, -0.1) is 0 Å². The molecule has 1 heterocycles. The van der Waals surface area contributed by atoms with Crippen LogP contribution in [0.2, 0.25) is 0 Å². The average Bonchev–Trinajstić information content (AvgIpc) is 2.60. The number of ether oxygens (including phenoxy) is 2. The molecule has 0 saturated heterocycles. The lowest BCUT2D eigenvalue weighted by Gasteiger charge is -2.12. The van der Waals surface area contributed by atoms with Gasteiger partial charge in [0.2, 0.25) is 0 Å². The van der Waals surface area contributed by atoms with Crippen LogP contribution in [0.3, 0.4) is 0 Å². The number of alkyl halides is 3. The molecule has 0 amide bonds. The minimum Gasteiger partial charge on any atom is -0.493 e. The number of pyridine rings is 1. The van der Waals surface area contributed by atoms with E-state index in [1.54, 1.807) is 12.1 Å². The molecule has 0 aliphatic rings. The molecule has 0 aliphatic heterocycles. The Morgan fingerprint density at radius 1 is 1.41 bits per heavy atom. The van der Waals surface area contributed by atoms with Crippen LogP contribution < -0.4 is 14.9 Å². The molecule has 1 aromatic heterocycles. The minimum atomic E-state index is -4.45. The Morgan fingerprint density at radius 3 is 2.70 bits per heavy atom. The fraction of sp³-hybridized carbons (Fsp3) is 0.188. The lowest BCUT2D eigenvalue weighted by Crippen LogP contribution is -2.11. The summed E-state index contributed by atoms with van der Waals surface area (Å²) in [7, 11) is 1.41. The highest BCUT2D eigenvalue weighted by atomic mass is 127. The summed E-state index contributed by atoms with van der Waals surface area (Å²) in [5.41, 5.74) is 2.26. The molecule has 0 spiro atoms. The van der Waals surface area contributed by atoms with Gasteiger partial charge in [0.25, 0.3) is 0 Å². The molecule has 0 unspecified atom stereocenters. The molecule has 7 nitrogen and oxygen atoms in total. The third kappa shape index (κ3) is 5.98. The first-order valence-corrected chi connectivity index (χ1v) is 8.33. The fourth-order valence-electron chi connectivity index (χ4n) is 1.89. The van der Waals surface area contributed by atoms with Crippen molar-refractivity contribution in [3.05, 3.63) is 45.2 Å². The van der Waals surface area contributed by atoms with Crippen molar-refractivity contribution in [2.24, 2.45) is 5.10 Å². The number of nitrogens with one attached hydrogen (secondary N) is 1. The number of aliphatic carboxylic acids is 1. The first-order valence-electron chi connectivity index (χ1n) is 7.25.